The van der Waals surface area contributed by atoms with E-state index in [0.29, 0.717) is 46.1 Å². The minimum atomic E-state index is -3.74. The maximum Gasteiger partial charge on any atom is 0.488 e. The van der Waals surface area contributed by atoms with E-state index in [9.17, 15) is 16.8 Å². The van der Waals surface area contributed by atoms with Crippen LogP contribution in [-0.2, 0) is 33.1 Å². The second-order valence-electron chi connectivity index (χ2n) is 20.2. The number of pyridine rings is 2. The third kappa shape index (κ3) is 14.8. The Morgan fingerprint density at radius 1 is 0.513 bits per heavy atom. The predicted octanol–water partition coefficient (Wildman–Crippen LogP) is 9.86. The number of nitrogens with one attached hydrogen (secondary N) is 4. The molecule has 0 aliphatic heterocycles. The van der Waals surface area contributed by atoms with Crippen LogP contribution in [-0.4, -0.2) is 74.3 Å². The van der Waals surface area contributed by atoms with Gasteiger partial charge in [0.05, 0.1) is 33.3 Å². The van der Waals surface area contributed by atoms with Gasteiger partial charge in [-0.2, -0.15) is 10.2 Å². The monoisotopic (exact) mass is 1100 g/mol. The van der Waals surface area contributed by atoms with Crippen molar-refractivity contribution in [1.82, 2.24) is 38.6 Å². The average molecular weight is 1100 g/mol. The molecule has 0 amide bonds. The van der Waals surface area contributed by atoms with Gasteiger partial charge in [-0.05, 0) is 100 Å². The van der Waals surface area contributed by atoms with Crippen LogP contribution in [0.1, 0.15) is 52.7 Å². The summed E-state index contributed by atoms with van der Waals surface area (Å²) in [5.74, 6) is 0. The topological polar surface area (TPSA) is 217 Å². The van der Waals surface area contributed by atoms with Crippen molar-refractivity contribution in [3.8, 4) is 33.6 Å². The molecule has 6 N–H and O–H groups in total. The molecule has 0 spiro atoms. The number of fused-ring (bicyclic) bond motifs is 2. The Morgan fingerprint density at radius 3 is 1.36 bits per heavy atom. The highest BCUT2D eigenvalue weighted by atomic mass is 35.5. The average Bonchev–Trinajstić information content (AvgIpc) is 4.09. The molecule has 20 heteroatoms. The van der Waals surface area contributed by atoms with E-state index in [2.05, 4.69) is 59.4 Å². The van der Waals surface area contributed by atoms with Crippen molar-refractivity contribution in [3.63, 3.8) is 0 Å². The summed E-state index contributed by atoms with van der Waals surface area (Å²) in [6.07, 6.45) is 9.60. The van der Waals surface area contributed by atoms with Gasteiger partial charge >= 0.3 is 7.12 Å². The fraction of sp³-hybridized carbons (Fsp3) is 0.172. The zero-order valence-corrected chi connectivity index (χ0v) is 46.3. The largest absolute Gasteiger partial charge is 0.488 e. The van der Waals surface area contributed by atoms with Gasteiger partial charge in [-0.3, -0.25) is 9.97 Å². The standard InChI is InChI=1S/C29H29N5O2S.C23H24ClN5O2S.C6H7BO2/c1-29(2,3)33-37(35,36)24-16-23(19-30-20-24)26-17-27(31-18-21-10-6-4-7-11-21)28-25(14-15-34(28)32-26)22-12-8-5-9-13-22;1-23(2,3)28-32(30,31)18-11-17(14-25-15-18)20-12-21(22-19(24)9-10-29(22)27-20)26-13-16-7-5-4-6-8-16;8-7(9)6-4-2-1-3-5-6/h4-17,19-20,31,33H,18H2,1-3H3;4-12,14-15,26,28H,13H2,1-3H3;1-5,8-9H. The lowest BCUT2D eigenvalue weighted by atomic mass is 9.81. The summed E-state index contributed by atoms with van der Waals surface area (Å²) in [4.78, 5) is 8.55. The van der Waals surface area contributed by atoms with Crippen LogP contribution in [0.5, 0.6) is 0 Å². The van der Waals surface area contributed by atoms with Gasteiger partial charge in [-0.15, -0.1) is 0 Å². The normalized spacial score (nSPS) is 11.8. The Morgan fingerprint density at radius 2 is 0.923 bits per heavy atom. The smallest absolute Gasteiger partial charge is 0.423 e. The number of hydrogen-bond donors (Lipinski definition) is 6. The van der Waals surface area contributed by atoms with Crippen molar-refractivity contribution in [3.05, 3.63) is 211 Å². The first-order valence-electron chi connectivity index (χ1n) is 24.8. The molecule has 400 valence electrons. The minimum absolute atomic E-state index is 0.0798. The minimum Gasteiger partial charge on any atom is -0.423 e. The lowest BCUT2D eigenvalue weighted by molar-refractivity contribution is 0.425. The summed E-state index contributed by atoms with van der Waals surface area (Å²) in [5, 5.41) is 34.2. The Balaban J connectivity index is 0.000000179. The van der Waals surface area contributed by atoms with Crippen LogP contribution >= 0.6 is 11.6 Å². The number of aromatic nitrogens is 6. The van der Waals surface area contributed by atoms with Crippen LogP contribution in [0.4, 0.5) is 11.4 Å². The number of rotatable bonds is 14. The van der Waals surface area contributed by atoms with Gasteiger partial charge in [-0.25, -0.2) is 35.3 Å². The van der Waals surface area contributed by atoms with Crippen LogP contribution in [0.3, 0.4) is 0 Å². The van der Waals surface area contributed by atoms with Gasteiger partial charge in [0.1, 0.15) is 15.3 Å². The summed E-state index contributed by atoms with van der Waals surface area (Å²) in [7, 11) is -8.81. The van der Waals surface area contributed by atoms with Crippen LogP contribution in [0.15, 0.2) is 205 Å². The molecule has 78 heavy (non-hydrogen) atoms. The van der Waals surface area contributed by atoms with E-state index in [1.54, 1.807) is 107 Å². The first-order chi connectivity index (χ1) is 37.1. The molecule has 0 bridgehead atoms. The quantitative estimate of drug-likeness (QED) is 0.0561. The lowest BCUT2D eigenvalue weighted by Crippen LogP contribution is -2.40. The zero-order valence-electron chi connectivity index (χ0n) is 43.9. The summed E-state index contributed by atoms with van der Waals surface area (Å²) < 4.78 is 60.3. The maximum atomic E-state index is 12.9. The summed E-state index contributed by atoms with van der Waals surface area (Å²) in [5.41, 5.74) is 9.45. The third-order valence-corrected chi connectivity index (χ3v) is 15.3. The van der Waals surface area contributed by atoms with Crippen LogP contribution in [0, 0.1) is 0 Å². The van der Waals surface area contributed by atoms with Gasteiger partial charge in [-0.1, -0.05) is 133 Å². The molecule has 6 aromatic heterocycles. The van der Waals surface area contributed by atoms with Gasteiger partial charge < -0.3 is 20.7 Å². The van der Waals surface area contributed by atoms with Crippen molar-refractivity contribution < 1.29 is 26.9 Å². The summed E-state index contributed by atoms with van der Waals surface area (Å²) in [6.45, 7) is 12.0. The highest BCUT2D eigenvalue weighted by Gasteiger charge is 2.25. The number of halogens is 1. The van der Waals surface area contributed by atoms with Gasteiger partial charge in [0.2, 0.25) is 20.0 Å². The number of nitrogens with zero attached hydrogens (tertiary/aromatic N) is 6. The molecule has 0 unspecified atom stereocenters. The van der Waals surface area contributed by atoms with Crippen LogP contribution < -0.4 is 25.5 Å². The van der Waals surface area contributed by atoms with E-state index >= 15 is 0 Å². The molecule has 6 heterocycles. The Hall–Kier alpha value is -7.75. The molecule has 16 nitrogen and oxygen atoms in total. The van der Waals surface area contributed by atoms with Crippen LogP contribution in [0.25, 0.3) is 44.7 Å². The van der Waals surface area contributed by atoms with E-state index in [1.165, 1.54) is 12.4 Å². The Kier molecular flexibility index (Phi) is 17.6. The van der Waals surface area contributed by atoms with Gasteiger partial charge in [0, 0.05) is 78.0 Å². The predicted molar refractivity (Wildman–Crippen MR) is 311 cm³/mol. The van der Waals surface area contributed by atoms with Crippen molar-refractivity contribution in [2.45, 2.75) is 75.5 Å². The summed E-state index contributed by atoms with van der Waals surface area (Å²) >= 11 is 6.40. The highest BCUT2D eigenvalue weighted by molar-refractivity contribution is 7.89. The van der Waals surface area contributed by atoms with Gasteiger partial charge in [0.25, 0.3) is 0 Å². The third-order valence-electron chi connectivity index (χ3n) is 11.5. The van der Waals surface area contributed by atoms with Crippen molar-refractivity contribution in [2.75, 3.05) is 10.6 Å². The molecule has 0 radical (unpaired) electrons. The fourth-order valence-corrected chi connectivity index (χ4v) is 11.2. The number of anilines is 2. The SMILES string of the molecule is CC(C)(C)NS(=O)(=O)c1cncc(-c2cc(NCc3ccccc3)c3c(-c4ccccc4)ccn3n2)c1.CC(C)(C)NS(=O)(=O)c1cncc(-c2cc(NCc3ccccc3)c3c(Cl)ccn3n2)c1.OB(O)c1ccccc1. The Bertz CT molecular complexity index is 3860. The van der Waals surface area contributed by atoms with Crippen molar-refractivity contribution in [2.24, 2.45) is 0 Å². The lowest BCUT2D eigenvalue weighted by Gasteiger charge is -2.20. The molecule has 10 aromatic rings. The summed E-state index contributed by atoms with van der Waals surface area (Å²) in [6, 6.07) is 49.8. The highest BCUT2D eigenvalue weighted by Crippen LogP contribution is 2.34. The maximum absolute atomic E-state index is 12.9. The Labute approximate surface area is 460 Å². The molecule has 0 fully saturated rings. The molecule has 4 aromatic carbocycles. The first kappa shape index (κ1) is 56.5. The van der Waals surface area contributed by atoms with Crippen LogP contribution in [0.2, 0.25) is 5.02 Å². The molecule has 0 aliphatic carbocycles. The number of hydrogen-bond acceptors (Lipinski definition) is 12. The number of benzene rings is 4. The van der Waals surface area contributed by atoms with E-state index < -0.39 is 38.2 Å². The molecular formula is C58H60BClN10O6S2. The zero-order chi connectivity index (χ0) is 55.7. The fourth-order valence-electron chi connectivity index (χ4n) is 8.16. The van der Waals surface area contributed by atoms with E-state index in [4.69, 9.17) is 26.7 Å². The molecule has 10 rings (SSSR count). The molecule has 0 aliphatic rings. The van der Waals surface area contributed by atoms with Gasteiger partial charge in [0.15, 0.2) is 0 Å². The molecule has 0 atom stereocenters. The molecular weight excluding hydrogens is 1040 g/mol. The van der Waals surface area contributed by atoms with Crippen molar-refractivity contribution >= 4 is 66.6 Å². The van der Waals surface area contributed by atoms with E-state index in [0.717, 1.165) is 44.7 Å². The van der Waals surface area contributed by atoms with Crippen molar-refractivity contribution in [1.29, 1.82) is 0 Å². The van der Waals surface area contributed by atoms with E-state index in [1.807, 2.05) is 102 Å². The second-order valence-corrected chi connectivity index (χ2v) is 24.0. The number of sulfonamides is 2. The molecule has 0 saturated carbocycles. The molecule has 0 saturated heterocycles. The second kappa shape index (κ2) is 24.3. The van der Waals surface area contributed by atoms with E-state index in [-0.39, 0.29) is 9.79 Å². The first-order valence-corrected chi connectivity index (χ1v) is 28.2.